The van der Waals surface area contributed by atoms with Crippen molar-refractivity contribution in [3.8, 4) is 0 Å². The highest BCUT2D eigenvalue weighted by Gasteiger charge is 2.27. The summed E-state index contributed by atoms with van der Waals surface area (Å²) in [7, 11) is 0. The number of ether oxygens (including phenoxy) is 1. The molecule has 98 valence electrons. The number of nitrogens with one attached hydrogen (secondary N) is 1. The number of rotatable bonds is 4. The number of nitrogens with zero attached hydrogens (tertiary/aromatic N) is 2. The number of hydrogen-bond donors (Lipinski definition) is 1. The van der Waals surface area contributed by atoms with E-state index in [1.165, 1.54) is 18.5 Å². The summed E-state index contributed by atoms with van der Waals surface area (Å²) < 4.78 is 5.42. The van der Waals surface area contributed by atoms with E-state index in [1.54, 1.807) is 0 Å². The Kier molecular flexibility index (Phi) is 3.46. The number of hydrogen-bond acceptors (Lipinski definition) is 4. The maximum Gasteiger partial charge on any atom is 0.134 e. The van der Waals surface area contributed by atoms with Crippen LogP contribution in [0, 0.1) is 0 Å². The summed E-state index contributed by atoms with van der Waals surface area (Å²) in [5.74, 6) is 3.19. The van der Waals surface area contributed by atoms with Crippen molar-refractivity contribution in [3.05, 3.63) is 17.6 Å². The van der Waals surface area contributed by atoms with Crippen molar-refractivity contribution in [1.29, 1.82) is 0 Å². The molecule has 1 saturated heterocycles. The third-order valence-corrected chi connectivity index (χ3v) is 3.70. The van der Waals surface area contributed by atoms with Gasteiger partial charge >= 0.3 is 0 Å². The highest BCUT2D eigenvalue weighted by Crippen LogP contribution is 2.40. The molecular weight excluding hydrogens is 226 g/mol. The summed E-state index contributed by atoms with van der Waals surface area (Å²) in [5, 5.41) is 3.33. The lowest BCUT2D eigenvalue weighted by molar-refractivity contribution is 0.0835. The third kappa shape index (κ3) is 2.64. The summed E-state index contributed by atoms with van der Waals surface area (Å²) in [4.78, 5) is 9.47. The topological polar surface area (TPSA) is 47.0 Å². The minimum atomic E-state index is 0.481. The van der Waals surface area contributed by atoms with E-state index in [-0.39, 0.29) is 0 Å². The maximum atomic E-state index is 5.42. The van der Waals surface area contributed by atoms with Crippen molar-refractivity contribution in [1.82, 2.24) is 9.97 Å². The summed E-state index contributed by atoms with van der Waals surface area (Å²) in [6, 6.07) is 2.13. The molecule has 0 radical (unpaired) electrons. The van der Waals surface area contributed by atoms with Gasteiger partial charge in [0.05, 0.1) is 0 Å². The van der Waals surface area contributed by atoms with Crippen LogP contribution in [-0.4, -0.2) is 29.7 Å². The first-order chi connectivity index (χ1) is 8.86. The first kappa shape index (κ1) is 11.9. The largest absolute Gasteiger partial charge is 0.381 e. The second-order valence-corrected chi connectivity index (χ2v) is 5.23. The predicted octanol–water partition coefficient (Wildman–Crippen LogP) is 2.68. The molecule has 2 heterocycles. The molecule has 1 saturated carbocycles. The van der Waals surface area contributed by atoms with Gasteiger partial charge in [0.2, 0.25) is 0 Å². The van der Waals surface area contributed by atoms with Crippen LogP contribution >= 0.6 is 0 Å². The van der Waals surface area contributed by atoms with Gasteiger partial charge in [0.25, 0.3) is 0 Å². The van der Waals surface area contributed by atoms with Crippen LogP contribution < -0.4 is 5.32 Å². The van der Waals surface area contributed by atoms with E-state index in [2.05, 4.69) is 23.3 Å². The van der Waals surface area contributed by atoms with Gasteiger partial charge in [-0.25, -0.2) is 9.97 Å². The molecule has 0 spiro atoms. The Morgan fingerprint density at radius 3 is 2.61 bits per heavy atom. The van der Waals surface area contributed by atoms with Crippen LogP contribution in [0.25, 0.3) is 0 Å². The molecule has 0 aromatic carbocycles. The van der Waals surface area contributed by atoms with Gasteiger partial charge in [0.15, 0.2) is 0 Å². The molecule has 1 aliphatic heterocycles. The molecule has 0 unspecified atom stereocenters. The van der Waals surface area contributed by atoms with Gasteiger partial charge in [0.1, 0.15) is 11.6 Å². The minimum absolute atomic E-state index is 0.481. The Labute approximate surface area is 108 Å². The lowest BCUT2D eigenvalue weighted by Gasteiger charge is -2.21. The second kappa shape index (κ2) is 5.22. The molecular formula is C14H21N3O. The van der Waals surface area contributed by atoms with Crippen LogP contribution in [0.1, 0.15) is 56.0 Å². The Morgan fingerprint density at radius 1 is 1.17 bits per heavy atom. The van der Waals surface area contributed by atoms with E-state index in [4.69, 9.17) is 9.72 Å². The van der Waals surface area contributed by atoms with E-state index in [9.17, 15) is 0 Å². The molecule has 1 aromatic heterocycles. The molecule has 18 heavy (non-hydrogen) atoms. The minimum Gasteiger partial charge on any atom is -0.381 e. The predicted molar refractivity (Wildman–Crippen MR) is 71.0 cm³/mol. The summed E-state index contributed by atoms with van der Waals surface area (Å²) in [5.41, 5.74) is 1.24. The molecule has 2 fully saturated rings. The van der Waals surface area contributed by atoms with Crippen molar-refractivity contribution in [2.75, 3.05) is 25.1 Å². The summed E-state index contributed by atoms with van der Waals surface area (Å²) in [6.45, 7) is 4.71. The lowest BCUT2D eigenvalue weighted by Crippen LogP contribution is -2.17. The molecule has 0 atom stereocenters. The highest BCUT2D eigenvalue weighted by molar-refractivity contribution is 5.38. The molecule has 4 heteroatoms. The van der Waals surface area contributed by atoms with Crippen LogP contribution in [0.15, 0.2) is 6.07 Å². The molecule has 1 aromatic rings. The van der Waals surface area contributed by atoms with E-state index in [0.29, 0.717) is 11.8 Å². The summed E-state index contributed by atoms with van der Waals surface area (Å²) >= 11 is 0. The Hall–Kier alpha value is -1.16. The van der Waals surface area contributed by atoms with Gasteiger partial charge in [0, 0.05) is 43.4 Å². The molecule has 3 rings (SSSR count). The standard InChI is InChI=1S/C14H21N3O/c1-2-15-13-9-12(10-3-4-10)16-14(17-13)11-5-7-18-8-6-11/h9-11H,2-8H2,1H3,(H,15,16,17). The van der Waals surface area contributed by atoms with Crippen LogP contribution in [0.5, 0.6) is 0 Å². The van der Waals surface area contributed by atoms with Crippen molar-refractivity contribution < 1.29 is 4.74 Å². The molecule has 1 N–H and O–H groups in total. The van der Waals surface area contributed by atoms with Gasteiger partial charge in [-0.1, -0.05) is 0 Å². The fourth-order valence-electron chi connectivity index (χ4n) is 2.48. The fourth-order valence-corrected chi connectivity index (χ4v) is 2.48. The van der Waals surface area contributed by atoms with Gasteiger partial charge in [-0.05, 0) is 32.6 Å². The number of anilines is 1. The molecule has 4 nitrogen and oxygen atoms in total. The van der Waals surface area contributed by atoms with Crippen molar-refractivity contribution in [2.24, 2.45) is 0 Å². The van der Waals surface area contributed by atoms with Crippen molar-refractivity contribution >= 4 is 5.82 Å². The zero-order valence-electron chi connectivity index (χ0n) is 11.0. The van der Waals surface area contributed by atoms with Crippen LogP contribution in [0.2, 0.25) is 0 Å². The van der Waals surface area contributed by atoms with Gasteiger partial charge in [-0.2, -0.15) is 0 Å². The SMILES string of the molecule is CCNc1cc(C2CC2)nc(C2CCOCC2)n1. The van der Waals surface area contributed by atoms with Crippen LogP contribution in [0.4, 0.5) is 5.82 Å². The molecule has 2 aliphatic rings. The highest BCUT2D eigenvalue weighted by atomic mass is 16.5. The Bertz CT molecular complexity index is 412. The maximum absolute atomic E-state index is 5.42. The van der Waals surface area contributed by atoms with Gasteiger partial charge < -0.3 is 10.1 Å². The lowest BCUT2D eigenvalue weighted by atomic mass is 9.99. The quantitative estimate of drug-likeness (QED) is 0.888. The van der Waals surface area contributed by atoms with E-state index >= 15 is 0 Å². The smallest absolute Gasteiger partial charge is 0.134 e. The normalized spacial score (nSPS) is 20.9. The average Bonchev–Trinajstić information content (AvgIpc) is 3.24. The zero-order valence-corrected chi connectivity index (χ0v) is 11.0. The Morgan fingerprint density at radius 2 is 1.94 bits per heavy atom. The zero-order chi connectivity index (χ0) is 12.4. The first-order valence-electron chi connectivity index (χ1n) is 7.07. The second-order valence-electron chi connectivity index (χ2n) is 5.23. The Balaban J connectivity index is 1.86. The van der Waals surface area contributed by atoms with E-state index in [0.717, 1.165) is 44.2 Å². The fraction of sp³-hybridized carbons (Fsp3) is 0.714. The average molecular weight is 247 g/mol. The first-order valence-corrected chi connectivity index (χ1v) is 7.07. The van der Waals surface area contributed by atoms with Crippen LogP contribution in [-0.2, 0) is 4.74 Å². The third-order valence-electron chi connectivity index (χ3n) is 3.70. The van der Waals surface area contributed by atoms with Crippen molar-refractivity contribution in [2.45, 2.75) is 44.4 Å². The van der Waals surface area contributed by atoms with E-state index in [1.807, 2.05) is 0 Å². The molecule has 1 aliphatic carbocycles. The van der Waals surface area contributed by atoms with Gasteiger partial charge in [-0.15, -0.1) is 0 Å². The van der Waals surface area contributed by atoms with E-state index < -0.39 is 0 Å². The molecule has 0 bridgehead atoms. The monoisotopic (exact) mass is 247 g/mol. The summed E-state index contributed by atoms with van der Waals surface area (Å²) in [6.07, 6.45) is 4.69. The molecule has 0 amide bonds. The number of aromatic nitrogens is 2. The van der Waals surface area contributed by atoms with Crippen LogP contribution in [0.3, 0.4) is 0 Å². The van der Waals surface area contributed by atoms with Crippen molar-refractivity contribution in [3.63, 3.8) is 0 Å². The van der Waals surface area contributed by atoms with Gasteiger partial charge in [-0.3, -0.25) is 0 Å².